The van der Waals surface area contributed by atoms with E-state index in [1.54, 1.807) is 0 Å². The number of hydrogen-bond acceptors (Lipinski definition) is 1. The molecule has 0 aromatic heterocycles. The lowest BCUT2D eigenvalue weighted by Crippen LogP contribution is -1.93. The first-order valence-electron chi connectivity index (χ1n) is 7.94. The highest BCUT2D eigenvalue weighted by Crippen LogP contribution is 2.05. The summed E-state index contributed by atoms with van der Waals surface area (Å²) in [6.07, 6.45) is 23.4. The van der Waals surface area contributed by atoms with Crippen LogP contribution < -0.4 is 0 Å². The Kier molecular flexibility index (Phi) is 14.7. The molecule has 114 valence electrons. The minimum Gasteiger partial charge on any atom is -0.481 e. The molecule has 0 aromatic rings. The highest BCUT2D eigenvalue weighted by atomic mass is 16.4. The molecule has 0 aliphatic carbocycles. The quantitative estimate of drug-likeness (QED) is 0.348. The molecule has 2 heteroatoms. The Hall–Kier alpha value is -1.31. The van der Waals surface area contributed by atoms with Crippen molar-refractivity contribution in [2.75, 3.05) is 0 Å². The van der Waals surface area contributed by atoms with Crippen LogP contribution in [-0.4, -0.2) is 11.1 Å². The maximum absolute atomic E-state index is 10.3. The second kappa shape index (κ2) is 15.7. The van der Waals surface area contributed by atoms with Gasteiger partial charge in [0.2, 0.25) is 0 Å². The van der Waals surface area contributed by atoms with Gasteiger partial charge in [-0.15, -0.1) is 0 Å². The summed E-state index contributed by atoms with van der Waals surface area (Å²) in [7, 11) is 0. The van der Waals surface area contributed by atoms with Crippen molar-refractivity contribution in [3.63, 3.8) is 0 Å². The zero-order valence-electron chi connectivity index (χ0n) is 12.9. The van der Waals surface area contributed by atoms with Crippen molar-refractivity contribution in [2.24, 2.45) is 0 Å². The molecule has 0 aliphatic heterocycles. The molecule has 1 N–H and O–H groups in total. The van der Waals surface area contributed by atoms with Gasteiger partial charge in [0.05, 0.1) is 0 Å². The molecule has 0 heterocycles. The third-order valence-corrected chi connectivity index (χ3v) is 3.00. The van der Waals surface area contributed by atoms with Crippen molar-refractivity contribution in [2.45, 2.75) is 71.1 Å². The molecule has 0 bridgehead atoms. The summed E-state index contributed by atoms with van der Waals surface area (Å²) in [5, 5.41) is 8.49. The van der Waals surface area contributed by atoms with Crippen LogP contribution in [0.3, 0.4) is 0 Å². The van der Waals surface area contributed by atoms with Crippen LogP contribution in [0.2, 0.25) is 0 Å². The molecule has 0 saturated carbocycles. The average molecular weight is 278 g/mol. The largest absolute Gasteiger partial charge is 0.481 e. The zero-order valence-corrected chi connectivity index (χ0v) is 12.9. The van der Waals surface area contributed by atoms with Gasteiger partial charge in [0, 0.05) is 6.42 Å². The fourth-order valence-electron chi connectivity index (χ4n) is 1.86. The normalized spacial score (nSPS) is 12.1. The van der Waals surface area contributed by atoms with Gasteiger partial charge in [0.25, 0.3) is 0 Å². The van der Waals surface area contributed by atoms with E-state index in [1.807, 2.05) is 0 Å². The molecule has 0 aliphatic rings. The Morgan fingerprint density at radius 3 is 1.75 bits per heavy atom. The SMILES string of the molecule is CC/C=C\CC/C=C\CC/C=C\CCCCCC(=O)O. The molecule has 0 atom stereocenters. The van der Waals surface area contributed by atoms with E-state index < -0.39 is 5.97 Å². The lowest BCUT2D eigenvalue weighted by Gasteiger charge is -1.95. The monoisotopic (exact) mass is 278 g/mol. The van der Waals surface area contributed by atoms with Gasteiger partial charge < -0.3 is 5.11 Å². The molecule has 0 amide bonds. The molecule has 0 fully saturated rings. The topological polar surface area (TPSA) is 37.3 Å². The number of hydrogen-bond donors (Lipinski definition) is 1. The molecule has 0 radical (unpaired) electrons. The van der Waals surface area contributed by atoms with Crippen molar-refractivity contribution in [1.29, 1.82) is 0 Å². The van der Waals surface area contributed by atoms with Crippen LogP contribution in [-0.2, 0) is 4.79 Å². The predicted octanol–water partition coefficient (Wildman–Crippen LogP) is 5.66. The van der Waals surface area contributed by atoms with Gasteiger partial charge in [-0.25, -0.2) is 0 Å². The second-order valence-electron chi connectivity index (χ2n) is 4.97. The van der Waals surface area contributed by atoms with Gasteiger partial charge in [-0.3, -0.25) is 4.79 Å². The van der Waals surface area contributed by atoms with E-state index >= 15 is 0 Å². The zero-order chi connectivity index (χ0) is 14.9. The summed E-state index contributed by atoms with van der Waals surface area (Å²) in [5.74, 6) is -0.683. The predicted molar refractivity (Wildman–Crippen MR) is 86.9 cm³/mol. The highest BCUT2D eigenvalue weighted by molar-refractivity contribution is 5.66. The lowest BCUT2D eigenvalue weighted by molar-refractivity contribution is -0.137. The van der Waals surface area contributed by atoms with Gasteiger partial charge in [-0.1, -0.05) is 49.8 Å². The molecule has 0 saturated heterocycles. The molecule has 0 rings (SSSR count). The third kappa shape index (κ3) is 16.7. The first kappa shape index (κ1) is 18.7. The molecule has 0 aromatic carbocycles. The molecule has 0 spiro atoms. The lowest BCUT2D eigenvalue weighted by atomic mass is 10.1. The molecular formula is C18H30O2. The van der Waals surface area contributed by atoms with Gasteiger partial charge >= 0.3 is 5.97 Å². The van der Waals surface area contributed by atoms with Crippen molar-refractivity contribution in [1.82, 2.24) is 0 Å². The van der Waals surface area contributed by atoms with Crippen LogP contribution in [0.4, 0.5) is 0 Å². The number of allylic oxidation sites excluding steroid dienone is 6. The highest BCUT2D eigenvalue weighted by Gasteiger charge is 1.94. The Bertz CT molecular complexity index is 301. The van der Waals surface area contributed by atoms with E-state index in [-0.39, 0.29) is 0 Å². The molecule has 0 unspecified atom stereocenters. The van der Waals surface area contributed by atoms with Crippen LogP contribution in [0.5, 0.6) is 0 Å². The first-order valence-corrected chi connectivity index (χ1v) is 7.94. The number of carboxylic acid groups (broad SMARTS) is 1. The number of carboxylic acids is 1. The summed E-state index contributed by atoms with van der Waals surface area (Å²) in [5.41, 5.74) is 0. The van der Waals surface area contributed by atoms with Crippen LogP contribution in [0.25, 0.3) is 0 Å². The Labute approximate surface area is 124 Å². The van der Waals surface area contributed by atoms with Gasteiger partial charge in [0.15, 0.2) is 0 Å². The van der Waals surface area contributed by atoms with Crippen molar-refractivity contribution in [3.05, 3.63) is 36.5 Å². The average Bonchev–Trinajstić information content (AvgIpc) is 2.43. The maximum Gasteiger partial charge on any atom is 0.303 e. The van der Waals surface area contributed by atoms with Crippen LogP contribution in [0.1, 0.15) is 71.1 Å². The summed E-state index contributed by atoms with van der Waals surface area (Å²) in [6.45, 7) is 2.16. The van der Waals surface area contributed by atoms with Crippen molar-refractivity contribution in [3.8, 4) is 0 Å². The minimum atomic E-state index is -0.683. The molecular weight excluding hydrogens is 248 g/mol. The fourth-order valence-corrected chi connectivity index (χ4v) is 1.86. The maximum atomic E-state index is 10.3. The first-order chi connectivity index (χ1) is 9.77. The molecule has 20 heavy (non-hydrogen) atoms. The van der Waals surface area contributed by atoms with Crippen molar-refractivity contribution < 1.29 is 9.90 Å². The van der Waals surface area contributed by atoms with Gasteiger partial charge in [-0.2, -0.15) is 0 Å². The van der Waals surface area contributed by atoms with E-state index in [0.717, 1.165) is 57.8 Å². The van der Waals surface area contributed by atoms with E-state index in [4.69, 9.17) is 5.11 Å². The van der Waals surface area contributed by atoms with Crippen molar-refractivity contribution >= 4 is 5.97 Å². The summed E-state index contributed by atoms with van der Waals surface area (Å²) in [4.78, 5) is 10.3. The van der Waals surface area contributed by atoms with E-state index in [1.165, 1.54) is 0 Å². The number of aliphatic carboxylic acids is 1. The van der Waals surface area contributed by atoms with Crippen LogP contribution in [0, 0.1) is 0 Å². The number of carbonyl (C=O) groups is 1. The number of unbranched alkanes of at least 4 members (excludes halogenated alkanes) is 5. The Balaban J connectivity index is 3.25. The summed E-state index contributed by atoms with van der Waals surface area (Å²) < 4.78 is 0. The molecule has 2 nitrogen and oxygen atoms in total. The fraction of sp³-hybridized carbons (Fsp3) is 0.611. The van der Waals surface area contributed by atoms with Gasteiger partial charge in [0.1, 0.15) is 0 Å². The van der Waals surface area contributed by atoms with Crippen LogP contribution in [0.15, 0.2) is 36.5 Å². The Morgan fingerprint density at radius 2 is 1.25 bits per heavy atom. The van der Waals surface area contributed by atoms with Crippen LogP contribution >= 0.6 is 0 Å². The number of rotatable bonds is 13. The summed E-state index contributed by atoms with van der Waals surface area (Å²) in [6, 6.07) is 0. The van der Waals surface area contributed by atoms with E-state index in [9.17, 15) is 4.79 Å². The smallest absolute Gasteiger partial charge is 0.303 e. The van der Waals surface area contributed by atoms with E-state index in [2.05, 4.69) is 43.4 Å². The third-order valence-electron chi connectivity index (χ3n) is 3.00. The minimum absolute atomic E-state index is 0.307. The standard InChI is InChI=1S/C18H30O2/c1-2-3-4-5-6-7-8-9-10-11-12-13-14-15-16-17-18(19)20/h3-4,7-8,11-12H,2,5-6,9-10,13-17H2,1H3,(H,19,20)/b4-3-,8-7-,12-11-. The van der Waals surface area contributed by atoms with E-state index in [0.29, 0.717) is 6.42 Å². The Morgan fingerprint density at radius 1 is 0.750 bits per heavy atom. The second-order valence-corrected chi connectivity index (χ2v) is 4.97. The van der Waals surface area contributed by atoms with Gasteiger partial charge in [-0.05, 0) is 51.4 Å². The summed E-state index contributed by atoms with van der Waals surface area (Å²) >= 11 is 0.